The van der Waals surface area contributed by atoms with Gasteiger partial charge in [-0.15, -0.1) is 5.10 Å². The van der Waals surface area contributed by atoms with E-state index in [1.807, 2.05) is 31.2 Å². The Labute approximate surface area is 118 Å². The van der Waals surface area contributed by atoms with Gasteiger partial charge in [-0.1, -0.05) is 42.8 Å². The van der Waals surface area contributed by atoms with Crippen LogP contribution in [0, 0.1) is 12.8 Å². The molecule has 0 saturated heterocycles. The van der Waals surface area contributed by atoms with E-state index in [4.69, 9.17) is 0 Å². The first-order valence-electron chi connectivity index (χ1n) is 6.73. The van der Waals surface area contributed by atoms with Crippen molar-refractivity contribution >= 4 is 5.97 Å². The van der Waals surface area contributed by atoms with Gasteiger partial charge in [-0.25, -0.2) is 9.48 Å². The van der Waals surface area contributed by atoms with Crippen molar-refractivity contribution in [2.24, 2.45) is 5.92 Å². The molecular weight excluding hydrogens is 254 g/mol. The minimum absolute atomic E-state index is 0.0133. The van der Waals surface area contributed by atoms with Crippen LogP contribution < -0.4 is 0 Å². The minimum atomic E-state index is -1.04. The number of carboxylic acid groups (broad SMARTS) is 1. The second kappa shape index (κ2) is 5.86. The number of hydrogen-bond donors (Lipinski definition) is 1. The molecule has 5 heteroatoms. The SMILES string of the molecule is Cc1cccc(-c2c(C(=O)O)nnn2CCC(C)C)c1. The molecule has 0 aliphatic heterocycles. The van der Waals surface area contributed by atoms with Crippen LogP contribution >= 0.6 is 0 Å². The summed E-state index contributed by atoms with van der Waals surface area (Å²) in [6.45, 7) is 6.90. The highest BCUT2D eigenvalue weighted by Gasteiger charge is 2.20. The van der Waals surface area contributed by atoms with Gasteiger partial charge in [0.15, 0.2) is 5.69 Å². The summed E-state index contributed by atoms with van der Waals surface area (Å²) in [5, 5.41) is 17.1. The highest BCUT2D eigenvalue weighted by Crippen LogP contribution is 2.24. The maximum Gasteiger partial charge on any atom is 0.358 e. The van der Waals surface area contributed by atoms with Crippen LogP contribution in [-0.4, -0.2) is 26.1 Å². The molecule has 0 bridgehead atoms. The summed E-state index contributed by atoms with van der Waals surface area (Å²) in [6, 6.07) is 7.74. The van der Waals surface area contributed by atoms with Crippen molar-refractivity contribution in [3.05, 3.63) is 35.5 Å². The fraction of sp³-hybridized carbons (Fsp3) is 0.400. The second-order valence-corrected chi connectivity index (χ2v) is 5.37. The zero-order valence-electron chi connectivity index (χ0n) is 12.0. The van der Waals surface area contributed by atoms with E-state index in [1.165, 1.54) is 0 Å². The maximum atomic E-state index is 11.3. The Kier molecular flexibility index (Phi) is 4.17. The molecule has 0 radical (unpaired) electrons. The lowest BCUT2D eigenvalue weighted by Crippen LogP contribution is -2.07. The Morgan fingerprint density at radius 1 is 1.40 bits per heavy atom. The molecule has 0 aliphatic rings. The molecule has 1 aromatic carbocycles. The molecular formula is C15H19N3O2. The standard InChI is InChI=1S/C15H19N3O2/c1-10(2)7-8-18-14(13(15(19)20)16-17-18)12-6-4-5-11(3)9-12/h4-6,9-10H,7-8H2,1-3H3,(H,19,20). The Morgan fingerprint density at radius 3 is 2.75 bits per heavy atom. The molecule has 20 heavy (non-hydrogen) atoms. The number of nitrogens with zero attached hydrogens (tertiary/aromatic N) is 3. The van der Waals surface area contributed by atoms with Gasteiger partial charge in [-0.05, 0) is 25.3 Å². The largest absolute Gasteiger partial charge is 0.476 e. The molecule has 0 spiro atoms. The molecule has 1 N–H and O–H groups in total. The van der Waals surface area contributed by atoms with E-state index < -0.39 is 5.97 Å². The van der Waals surface area contributed by atoms with E-state index in [9.17, 15) is 9.90 Å². The van der Waals surface area contributed by atoms with E-state index >= 15 is 0 Å². The molecule has 2 rings (SSSR count). The quantitative estimate of drug-likeness (QED) is 0.909. The van der Waals surface area contributed by atoms with Gasteiger partial charge in [0.05, 0.1) is 0 Å². The molecule has 0 fully saturated rings. The van der Waals surface area contributed by atoms with Crippen LogP contribution in [0.1, 0.15) is 36.3 Å². The summed E-state index contributed by atoms with van der Waals surface area (Å²) >= 11 is 0. The minimum Gasteiger partial charge on any atom is -0.476 e. The van der Waals surface area contributed by atoms with Gasteiger partial charge < -0.3 is 5.11 Å². The number of rotatable bonds is 5. The molecule has 5 nitrogen and oxygen atoms in total. The van der Waals surface area contributed by atoms with Crippen molar-refractivity contribution in [2.45, 2.75) is 33.7 Å². The van der Waals surface area contributed by atoms with Crippen molar-refractivity contribution in [3.63, 3.8) is 0 Å². The first kappa shape index (κ1) is 14.2. The average molecular weight is 273 g/mol. The van der Waals surface area contributed by atoms with E-state index in [0.29, 0.717) is 18.2 Å². The van der Waals surface area contributed by atoms with Crippen molar-refractivity contribution in [1.82, 2.24) is 15.0 Å². The molecule has 0 amide bonds. The Balaban J connectivity index is 2.47. The number of aromatic nitrogens is 3. The summed E-state index contributed by atoms with van der Waals surface area (Å²) in [5.74, 6) is -0.518. The molecule has 0 aliphatic carbocycles. The zero-order valence-corrected chi connectivity index (χ0v) is 12.0. The Morgan fingerprint density at radius 2 is 2.15 bits per heavy atom. The number of benzene rings is 1. The number of hydrogen-bond acceptors (Lipinski definition) is 3. The van der Waals surface area contributed by atoms with Gasteiger partial charge in [-0.2, -0.15) is 0 Å². The topological polar surface area (TPSA) is 68.0 Å². The van der Waals surface area contributed by atoms with Crippen LogP contribution in [-0.2, 0) is 6.54 Å². The molecule has 0 unspecified atom stereocenters. The molecule has 0 atom stereocenters. The van der Waals surface area contributed by atoms with E-state index in [0.717, 1.165) is 17.5 Å². The predicted octanol–water partition coefficient (Wildman–Crippen LogP) is 3.00. The smallest absolute Gasteiger partial charge is 0.358 e. The fourth-order valence-corrected chi connectivity index (χ4v) is 2.07. The Hall–Kier alpha value is -2.17. The summed E-state index contributed by atoms with van der Waals surface area (Å²) in [4.78, 5) is 11.3. The van der Waals surface area contributed by atoms with E-state index in [2.05, 4.69) is 24.2 Å². The van der Waals surface area contributed by atoms with Crippen molar-refractivity contribution in [1.29, 1.82) is 0 Å². The first-order valence-corrected chi connectivity index (χ1v) is 6.73. The lowest BCUT2D eigenvalue weighted by Gasteiger charge is -2.09. The van der Waals surface area contributed by atoms with Gasteiger partial charge >= 0.3 is 5.97 Å². The fourth-order valence-electron chi connectivity index (χ4n) is 2.07. The van der Waals surface area contributed by atoms with Crippen LogP contribution in [0.2, 0.25) is 0 Å². The molecule has 106 valence electrons. The molecule has 1 aromatic heterocycles. The third-order valence-electron chi connectivity index (χ3n) is 3.15. The van der Waals surface area contributed by atoms with Gasteiger partial charge in [0, 0.05) is 12.1 Å². The summed E-state index contributed by atoms with van der Waals surface area (Å²) in [5.41, 5.74) is 2.52. The molecule has 1 heterocycles. The van der Waals surface area contributed by atoms with Gasteiger partial charge in [-0.3, -0.25) is 0 Å². The van der Waals surface area contributed by atoms with Gasteiger partial charge in [0.2, 0.25) is 0 Å². The third-order valence-corrected chi connectivity index (χ3v) is 3.15. The van der Waals surface area contributed by atoms with Crippen molar-refractivity contribution in [3.8, 4) is 11.3 Å². The van der Waals surface area contributed by atoms with Crippen LogP contribution in [0.25, 0.3) is 11.3 Å². The first-order chi connectivity index (χ1) is 9.49. The van der Waals surface area contributed by atoms with Crippen LogP contribution in [0.15, 0.2) is 24.3 Å². The zero-order chi connectivity index (χ0) is 14.7. The van der Waals surface area contributed by atoms with Gasteiger partial charge in [0.25, 0.3) is 0 Å². The lowest BCUT2D eigenvalue weighted by molar-refractivity contribution is 0.0691. The highest BCUT2D eigenvalue weighted by molar-refractivity contribution is 5.92. The predicted molar refractivity (Wildman–Crippen MR) is 76.6 cm³/mol. The third kappa shape index (κ3) is 3.04. The molecule has 2 aromatic rings. The van der Waals surface area contributed by atoms with Crippen molar-refractivity contribution in [2.75, 3.05) is 0 Å². The lowest BCUT2D eigenvalue weighted by atomic mass is 10.1. The molecule has 0 saturated carbocycles. The number of aryl methyl sites for hydroxylation is 2. The number of carboxylic acids is 1. The number of aromatic carboxylic acids is 1. The maximum absolute atomic E-state index is 11.3. The van der Waals surface area contributed by atoms with Crippen molar-refractivity contribution < 1.29 is 9.90 Å². The average Bonchev–Trinajstić information content (AvgIpc) is 2.80. The monoisotopic (exact) mass is 273 g/mol. The summed E-state index contributed by atoms with van der Waals surface area (Å²) < 4.78 is 1.69. The van der Waals surface area contributed by atoms with Crippen LogP contribution in [0.5, 0.6) is 0 Å². The van der Waals surface area contributed by atoms with E-state index in [1.54, 1.807) is 4.68 Å². The van der Waals surface area contributed by atoms with E-state index in [-0.39, 0.29) is 5.69 Å². The van der Waals surface area contributed by atoms with Crippen LogP contribution in [0.3, 0.4) is 0 Å². The normalized spacial score (nSPS) is 11.0. The van der Waals surface area contributed by atoms with Crippen LogP contribution in [0.4, 0.5) is 0 Å². The highest BCUT2D eigenvalue weighted by atomic mass is 16.4. The second-order valence-electron chi connectivity index (χ2n) is 5.37. The Bertz CT molecular complexity index is 617. The van der Waals surface area contributed by atoms with Gasteiger partial charge in [0.1, 0.15) is 5.69 Å². The summed E-state index contributed by atoms with van der Waals surface area (Å²) in [7, 11) is 0. The summed E-state index contributed by atoms with van der Waals surface area (Å²) in [6.07, 6.45) is 0.932. The number of carbonyl (C=O) groups is 1.